The Kier molecular flexibility index (Phi) is 7.50. The summed E-state index contributed by atoms with van der Waals surface area (Å²) in [6.45, 7) is 5.51. The molecule has 118 valence electrons. The second-order valence-corrected chi connectivity index (χ2v) is 4.92. The molecule has 0 bridgehead atoms. The average molecular weight is 315 g/mol. The Morgan fingerprint density at radius 1 is 1.43 bits per heavy atom. The van der Waals surface area contributed by atoms with Gasteiger partial charge in [0.05, 0.1) is 6.61 Å². The molecule has 1 fully saturated rings. The fourth-order valence-corrected chi connectivity index (χ4v) is 2.27. The van der Waals surface area contributed by atoms with Crippen LogP contribution in [0.1, 0.15) is 17.3 Å². The van der Waals surface area contributed by atoms with Gasteiger partial charge in [-0.2, -0.15) is 0 Å². The first-order valence-electron chi connectivity index (χ1n) is 6.96. The molecule has 6 heteroatoms. The predicted molar refractivity (Wildman–Crippen MR) is 84.4 cm³/mol. The Labute approximate surface area is 132 Å². The van der Waals surface area contributed by atoms with E-state index in [2.05, 4.69) is 12.2 Å². The molecule has 2 rings (SSSR count). The topological polar surface area (TPSA) is 50.8 Å². The SMILES string of the molecule is COCCOc1cccc(C(=O)N2CCNC[C@H]2C)c1.Cl. The number of ether oxygens (including phenoxy) is 2. The Hall–Kier alpha value is -1.30. The summed E-state index contributed by atoms with van der Waals surface area (Å²) in [4.78, 5) is 14.4. The van der Waals surface area contributed by atoms with Crippen molar-refractivity contribution in [3.8, 4) is 5.75 Å². The zero-order chi connectivity index (χ0) is 14.4. The van der Waals surface area contributed by atoms with Crippen LogP contribution in [0.2, 0.25) is 0 Å². The van der Waals surface area contributed by atoms with Gasteiger partial charge in [-0.15, -0.1) is 12.4 Å². The van der Waals surface area contributed by atoms with Crippen LogP contribution in [-0.4, -0.2) is 56.8 Å². The molecule has 0 unspecified atom stereocenters. The lowest BCUT2D eigenvalue weighted by Gasteiger charge is -2.34. The molecule has 1 N–H and O–H groups in total. The van der Waals surface area contributed by atoms with E-state index < -0.39 is 0 Å². The van der Waals surface area contributed by atoms with Crippen LogP contribution in [0.15, 0.2) is 24.3 Å². The van der Waals surface area contributed by atoms with Crippen LogP contribution in [0.25, 0.3) is 0 Å². The number of hydrogen-bond acceptors (Lipinski definition) is 4. The number of amides is 1. The van der Waals surface area contributed by atoms with Gasteiger partial charge >= 0.3 is 0 Å². The molecule has 0 radical (unpaired) electrons. The third kappa shape index (κ3) is 4.88. The van der Waals surface area contributed by atoms with Crippen LogP contribution in [0.5, 0.6) is 5.75 Å². The maximum Gasteiger partial charge on any atom is 0.254 e. The van der Waals surface area contributed by atoms with Crippen LogP contribution >= 0.6 is 12.4 Å². The molecule has 1 amide bonds. The minimum atomic E-state index is 0. The van der Waals surface area contributed by atoms with E-state index in [1.807, 2.05) is 23.1 Å². The number of benzene rings is 1. The zero-order valence-electron chi connectivity index (χ0n) is 12.5. The summed E-state index contributed by atoms with van der Waals surface area (Å²) in [6.07, 6.45) is 0. The quantitative estimate of drug-likeness (QED) is 0.838. The summed E-state index contributed by atoms with van der Waals surface area (Å²) in [5, 5.41) is 3.28. The lowest BCUT2D eigenvalue weighted by molar-refractivity contribution is 0.0655. The van der Waals surface area contributed by atoms with Gasteiger partial charge in [-0.3, -0.25) is 4.79 Å². The first kappa shape index (κ1) is 17.8. The number of halogens is 1. The number of hydrogen-bond donors (Lipinski definition) is 1. The Bertz CT molecular complexity index is 456. The first-order valence-corrected chi connectivity index (χ1v) is 6.96. The number of nitrogens with zero attached hydrogens (tertiary/aromatic N) is 1. The van der Waals surface area contributed by atoms with E-state index in [0.717, 1.165) is 19.6 Å². The molecule has 0 aromatic heterocycles. The van der Waals surface area contributed by atoms with Crippen LogP contribution in [-0.2, 0) is 4.74 Å². The Morgan fingerprint density at radius 2 is 2.24 bits per heavy atom. The second-order valence-electron chi connectivity index (χ2n) is 4.92. The number of methoxy groups -OCH3 is 1. The highest BCUT2D eigenvalue weighted by atomic mass is 35.5. The van der Waals surface area contributed by atoms with Gasteiger partial charge in [0.2, 0.25) is 0 Å². The summed E-state index contributed by atoms with van der Waals surface area (Å²) < 4.78 is 10.5. The minimum Gasteiger partial charge on any atom is -0.491 e. The number of nitrogens with one attached hydrogen (secondary N) is 1. The highest BCUT2D eigenvalue weighted by Crippen LogP contribution is 2.16. The highest BCUT2D eigenvalue weighted by Gasteiger charge is 2.24. The van der Waals surface area contributed by atoms with Crippen LogP contribution in [0, 0.1) is 0 Å². The normalized spacial score (nSPS) is 18.0. The van der Waals surface area contributed by atoms with Crippen LogP contribution < -0.4 is 10.1 Å². The molecule has 0 aliphatic carbocycles. The van der Waals surface area contributed by atoms with Gasteiger partial charge in [-0.05, 0) is 25.1 Å². The van der Waals surface area contributed by atoms with Crippen molar-refractivity contribution in [3.05, 3.63) is 29.8 Å². The molecule has 0 saturated carbocycles. The summed E-state index contributed by atoms with van der Waals surface area (Å²) in [6, 6.07) is 7.55. The van der Waals surface area contributed by atoms with E-state index in [4.69, 9.17) is 9.47 Å². The van der Waals surface area contributed by atoms with E-state index >= 15 is 0 Å². The van der Waals surface area contributed by atoms with Gasteiger partial charge in [0, 0.05) is 38.3 Å². The van der Waals surface area contributed by atoms with Crippen molar-refractivity contribution in [2.24, 2.45) is 0 Å². The molecular formula is C15H23ClN2O3. The van der Waals surface area contributed by atoms with Gasteiger partial charge in [0.1, 0.15) is 12.4 Å². The molecule has 1 heterocycles. The molecule has 5 nitrogen and oxygen atoms in total. The van der Waals surface area contributed by atoms with Gasteiger partial charge in [0.25, 0.3) is 5.91 Å². The Balaban J connectivity index is 0.00000220. The van der Waals surface area contributed by atoms with Crippen molar-refractivity contribution in [2.45, 2.75) is 13.0 Å². The first-order chi connectivity index (χ1) is 9.72. The summed E-state index contributed by atoms with van der Waals surface area (Å²) >= 11 is 0. The Morgan fingerprint density at radius 3 is 2.95 bits per heavy atom. The number of piperazine rings is 1. The van der Waals surface area contributed by atoms with Gasteiger partial charge in [-0.1, -0.05) is 6.07 Å². The van der Waals surface area contributed by atoms with Gasteiger partial charge in [0.15, 0.2) is 0 Å². The lowest BCUT2D eigenvalue weighted by atomic mass is 10.1. The van der Waals surface area contributed by atoms with E-state index in [1.165, 1.54) is 0 Å². The lowest BCUT2D eigenvalue weighted by Crippen LogP contribution is -2.52. The monoisotopic (exact) mass is 314 g/mol. The second kappa shape index (κ2) is 8.87. The molecule has 1 saturated heterocycles. The van der Waals surface area contributed by atoms with Crippen molar-refractivity contribution in [1.29, 1.82) is 0 Å². The predicted octanol–water partition coefficient (Wildman–Crippen LogP) is 1.57. The number of carbonyl (C=O) groups excluding carboxylic acids is 1. The van der Waals surface area contributed by atoms with Crippen molar-refractivity contribution in [1.82, 2.24) is 10.2 Å². The standard InChI is InChI=1S/C15H22N2O3.ClH/c1-12-11-16-6-7-17(12)15(18)13-4-3-5-14(10-13)20-9-8-19-2;/h3-5,10,12,16H,6-9,11H2,1-2H3;1H/t12-;/m1./s1. The largest absolute Gasteiger partial charge is 0.491 e. The number of rotatable bonds is 5. The summed E-state index contributed by atoms with van der Waals surface area (Å²) in [7, 11) is 1.63. The third-order valence-corrected chi connectivity index (χ3v) is 3.40. The zero-order valence-corrected chi connectivity index (χ0v) is 13.3. The highest BCUT2D eigenvalue weighted by molar-refractivity contribution is 5.94. The summed E-state index contributed by atoms with van der Waals surface area (Å²) in [5.41, 5.74) is 0.675. The molecule has 1 aromatic rings. The van der Waals surface area contributed by atoms with Gasteiger partial charge in [-0.25, -0.2) is 0 Å². The van der Waals surface area contributed by atoms with Crippen molar-refractivity contribution in [2.75, 3.05) is 40.0 Å². The molecule has 1 aliphatic rings. The van der Waals surface area contributed by atoms with Gasteiger partial charge < -0.3 is 19.7 Å². The van der Waals surface area contributed by atoms with Crippen molar-refractivity contribution < 1.29 is 14.3 Å². The fourth-order valence-electron chi connectivity index (χ4n) is 2.27. The fraction of sp³-hybridized carbons (Fsp3) is 0.533. The molecular weight excluding hydrogens is 292 g/mol. The molecule has 0 spiro atoms. The number of carbonyl (C=O) groups is 1. The van der Waals surface area contributed by atoms with E-state index in [-0.39, 0.29) is 24.4 Å². The molecule has 1 aromatic carbocycles. The van der Waals surface area contributed by atoms with Crippen molar-refractivity contribution >= 4 is 18.3 Å². The molecule has 1 aliphatic heterocycles. The van der Waals surface area contributed by atoms with Crippen molar-refractivity contribution in [3.63, 3.8) is 0 Å². The minimum absolute atomic E-state index is 0. The van der Waals surface area contributed by atoms with Crippen LogP contribution in [0.3, 0.4) is 0 Å². The third-order valence-electron chi connectivity index (χ3n) is 3.40. The van der Waals surface area contributed by atoms with Crippen LogP contribution in [0.4, 0.5) is 0 Å². The smallest absolute Gasteiger partial charge is 0.254 e. The van der Waals surface area contributed by atoms with E-state index in [0.29, 0.717) is 24.5 Å². The van der Waals surface area contributed by atoms with E-state index in [9.17, 15) is 4.79 Å². The maximum atomic E-state index is 12.5. The molecule has 1 atom stereocenters. The van der Waals surface area contributed by atoms with E-state index in [1.54, 1.807) is 13.2 Å². The average Bonchev–Trinajstić information content (AvgIpc) is 2.48. The maximum absolute atomic E-state index is 12.5. The molecule has 21 heavy (non-hydrogen) atoms. The summed E-state index contributed by atoms with van der Waals surface area (Å²) in [5.74, 6) is 0.770.